The van der Waals surface area contributed by atoms with E-state index < -0.39 is 5.97 Å². The fraction of sp³-hybridized carbons (Fsp3) is 0.308. The van der Waals surface area contributed by atoms with Gasteiger partial charge in [-0.05, 0) is 36.6 Å². The van der Waals surface area contributed by atoms with E-state index in [1.807, 2.05) is 18.2 Å². The van der Waals surface area contributed by atoms with Gasteiger partial charge in [0.1, 0.15) is 16.5 Å². The molecule has 0 atom stereocenters. The quantitative estimate of drug-likeness (QED) is 0.469. The maximum absolute atomic E-state index is 13.1. The largest absolute Gasteiger partial charge is 0.497 e. The van der Waals surface area contributed by atoms with E-state index in [1.54, 1.807) is 25.1 Å². The van der Waals surface area contributed by atoms with Gasteiger partial charge in [0.15, 0.2) is 0 Å². The molecule has 0 unspecified atom stereocenters. The number of carbonyl (C=O) groups excluding carboxylic acids is 2. The van der Waals surface area contributed by atoms with E-state index in [0.717, 1.165) is 30.0 Å². The van der Waals surface area contributed by atoms with E-state index >= 15 is 0 Å². The first kappa shape index (κ1) is 23.8. The van der Waals surface area contributed by atoms with Crippen LogP contribution in [0.2, 0.25) is 0 Å². The van der Waals surface area contributed by atoms with Crippen molar-refractivity contribution in [3.8, 4) is 11.5 Å². The van der Waals surface area contributed by atoms with Gasteiger partial charge in [-0.1, -0.05) is 30.3 Å². The van der Waals surface area contributed by atoms with Crippen LogP contribution in [-0.2, 0) is 24.2 Å². The number of esters is 1. The minimum atomic E-state index is -0.407. The molecule has 2 aromatic carbocycles. The van der Waals surface area contributed by atoms with Crippen LogP contribution >= 0.6 is 11.3 Å². The third-order valence-electron chi connectivity index (χ3n) is 5.71. The number of nitrogens with one attached hydrogen (secondary N) is 1. The molecule has 0 radical (unpaired) electrons. The first-order chi connectivity index (χ1) is 16.5. The minimum absolute atomic E-state index is 0.268. The highest BCUT2D eigenvalue weighted by molar-refractivity contribution is 7.17. The lowest BCUT2D eigenvalue weighted by molar-refractivity contribution is 0.0526. The van der Waals surface area contributed by atoms with Crippen molar-refractivity contribution < 1.29 is 23.8 Å². The number of hydrogen-bond donors (Lipinski definition) is 1. The summed E-state index contributed by atoms with van der Waals surface area (Å²) in [5, 5.41) is 3.45. The molecule has 0 aliphatic carbocycles. The Morgan fingerprint density at radius 3 is 2.41 bits per heavy atom. The van der Waals surface area contributed by atoms with Crippen LogP contribution < -0.4 is 14.8 Å². The molecule has 1 aliphatic heterocycles. The molecule has 0 fully saturated rings. The lowest BCUT2D eigenvalue weighted by Gasteiger charge is -2.27. The van der Waals surface area contributed by atoms with Crippen molar-refractivity contribution >= 4 is 28.2 Å². The highest BCUT2D eigenvalue weighted by Gasteiger charge is 2.30. The van der Waals surface area contributed by atoms with Gasteiger partial charge < -0.3 is 19.5 Å². The second-order valence-corrected chi connectivity index (χ2v) is 9.04. The molecular weight excluding hydrogens is 452 g/mol. The number of anilines is 1. The van der Waals surface area contributed by atoms with Crippen LogP contribution in [0.25, 0.3) is 0 Å². The molecule has 0 bridgehead atoms. The van der Waals surface area contributed by atoms with E-state index in [-0.39, 0.29) is 12.5 Å². The summed E-state index contributed by atoms with van der Waals surface area (Å²) in [7, 11) is 3.06. The molecule has 8 heteroatoms. The maximum atomic E-state index is 13.1. The number of thiophene rings is 1. The average molecular weight is 481 g/mol. The van der Waals surface area contributed by atoms with E-state index in [1.165, 1.54) is 31.1 Å². The van der Waals surface area contributed by atoms with Crippen LogP contribution in [-0.4, -0.2) is 44.1 Å². The Morgan fingerprint density at radius 2 is 1.76 bits per heavy atom. The molecule has 3 aromatic rings. The van der Waals surface area contributed by atoms with Crippen molar-refractivity contribution in [2.45, 2.75) is 26.4 Å². The Labute approximate surface area is 203 Å². The van der Waals surface area contributed by atoms with E-state index in [4.69, 9.17) is 14.2 Å². The molecule has 0 saturated heterocycles. The smallest absolute Gasteiger partial charge is 0.341 e. The SMILES string of the molecule is CCOC(=O)c1c(NC(=O)c2cc(OC)cc(OC)c2)sc2c1CCN(Cc1ccccc1)C2. The highest BCUT2D eigenvalue weighted by atomic mass is 32.1. The summed E-state index contributed by atoms with van der Waals surface area (Å²) in [6.45, 7) is 4.41. The van der Waals surface area contributed by atoms with E-state index in [9.17, 15) is 9.59 Å². The van der Waals surface area contributed by atoms with Gasteiger partial charge in [0.05, 0.1) is 26.4 Å². The number of ether oxygens (including phenoxy) is 3. The fourth-order valence-electron chi connectivity index (χ4n) is 4.05. The van der Waals surface area contributed by atoms with Crippen LogP contribution in [0.5, 0.6) is 11.5 Å². The number of nitrogens with zero attached hydrogens (tertiary/aromatic N) is 1. The van der Waals surface area contributed by atoms with Crippen LogP contribution in [0, 0.1) is 0 Å². The Balaban J connectivity index is 1.61. The molecule has 0 saturated carbocycles. The predicted molar refractivity (Wildman–Crippen MR) is 132 cm³/mol. The molecule has 0 spiro atoms. The zero-order valence-corrected chi connectivity index (χ0v) is 20.4. The fourth-order valence-corrected chi connectivity index (χ4v) is 5.33. The topological polar surface area (TPSA) is 77.1 Å². The molecule has 178 valence electrons. The number of hydrogen-bond acceptors (Lipinski definition) is 7. The van der Waals surface area contributed by atoms with Crippen LogP contribution in [0.15, 0.2) is 48.5 Å². The molecule has 1 amide bonds. The third kappa shape index (κ3) is 5.24. The molecule has 1 aliphatic rings. The van der Waals surface area contributed by atoms with Crippen molar-refractivity contribution in [2.24, 2.45) is 0 Å². The second-order valence-electron chi connectivity index (χ2n) is 7.93. The van der Waals surface area contributed by atoms with Gasteiger partial charge in [-0.15, -0.1) is 11.3 Å². The number of fused-ring (bicyclic) bond motifs is 1. The van der Waals surface area contributed by atoms with Crippen molar-refractivity contribution in [3.63, 3.8) is 0 Å². The second kappa shape index (κ2) is 10.7. The predicted octanol–water partition coefficient (Wildman–Crippen LogP) is 4.75. The summed E-state index contributed by atoms with van der Waals surface area (Å²) >= 11 is 1.44. The first-order valence-corrected chi connectivity index (χ1v) is 12.0. The van der Waals surface area contributed by atoms with Crippen molar-refractivity contribution in [1.82, 2.24) is 4.90 Å². The average Bonchev–Trinajstić information content (AvgIpc) is 3.21. The molecule has 7 nitrogen and oxygen atoms in total. The van der Waals surface area contributed by atoms with E-state index in [0.29, 0.717) is 34.2 Å². The molecule has 1 N–H and O–H groups in total. The summed E-state index contributed by atoms with van der Waals surface area (Å²) in [5.74, 6) is 0.270. The molecule has 4 rings (SSSR count). The number of benzene rings is 2. The third-order valence-corrected chi connectivity index (χ3v) is 6.84. The van der Waals surface area contributed by atoms with E-state index in [2.05, 4.69) is 22.3 Å². The highest BCUT2D eigenvalue weighted by Crippen LogP contribution is 2.38. The zero-order chi connectivity index (χ0) is 24.1. The van der Waals surface area contributed by atoms with Gasteiger partial charge in [-0.25, -0.2) is 4.79 Å². The zero-order valence-electron chi connectivity index (χ0n) is 19.6. The van der Waals surface area contributed by atoms with Crippen LogP contribution in [0.4, 0.5) is 5.00 Å². The van der Waals surface area contributed by atoms with Crippen molar-refractivity contribution in [2.75, 3.05) is 32.7 Å². The van der Waals surface area contributed by atoms with Gasteiger partial charge in [0, 0.05) is 36.1 Å². The van der Waals surface area contributed by atoms with Gasteiger partial charge in [0.2, 0.25) is 0 Å². The number of amides is 1. The number of rotatable bonds is 8. The van der Waals surface area contributed by atoms with Gasteiger partial charge >= 0.3 is 5.97 Å². The number of methoxy groups -OCH3 is 2. The maximum Gasteiger partial charge on any atom is 0.341 e. The Hall–Kier alpha value is -3.36. The summed E-state index contributed by atoms with van der Waals surface area (Å²) in [4.78, 5) is 29.4. The molecule has 2 heterocycles. The standard InChI is InChI=1S/C26H28N2O5S/c1-4-33-26(30)23-21-10-11-28(15-17-8-6-5-7-9-17)16-22(21)34-25(23)27-24(29)18-12-19(31-2)14-20(13-18)32-3/h5-9,12-14H,4,10-11,15-16H2,1-3H3,(H,27,29). The van der Waals surface area contributed by atoms with Crippen molar-refractivity contribution in [3.05, 3.63) is 75.7 Å². The molecular formula is C26H28N2O5S. The summed E-state index contributed by atoms with van der Waals surface area (Å²) in [6.07, 6.45) is 0.718. The number of carbonyl (C=O) groups is 2. The lowest BCUT2D eigenvalue weighted by atomic mass is 10.0. The lowest BCUT2D eigenvalue weighted by Crippen LogP contribution is -2.29. The van der Waals surface area contributed by atoms with Gasteiger partial charge in [-0.3, -0.25) is 9.69 Å². The Morgan fingerprint density at radius 1 is 1.06 bits per heavy atom. The summed E-state index contributed by atoms with van der Waals surface area (Å²) in [6, 6.07) is 15.3. The van der Waals surface area contributed by atoms with Crippen molar-refractivity contribution in [1.29, 1.82) is 0 Å². The monoisotopic (exact) mass is 480 g/mol. The summed E-state index contributed by atoms with van der Waals surface area (Å²) < 4.78 is 15.9. The first-order valence-electron chi connectivity index (χ1n) is 11.1. The Bertz CT molecular complexity index is 1150. The normalized spacial score (nSPS) is 13.1. The Kier molecular flexibility index (Phi) is 7.49. The molecule has 34 heavy (non-hydrogen) atoms. The van der Waals surface area contributed by atoms with Gasteiger partial charge in [-0.2, -0.15) is 0 Å². The molecule has 1 aromatic heterocycles. The van der Waals surface area contributed by atoms with Crippen LogP contribution in [0.1, 0.15) is 43.6 Å². The van der Waals surface area contributed by atoms with Crippen LogP contribution in [0.3, 0.4) is 0 Å². The summed E-state index contributed by atoms with van der Waals surface area (Å²) in [5.41, 5.74) is 3.05. The minimum Gasteiger partial charge on any atom is -0.497 e. The van der Waals surface area contributed by atoms with Gasteiger partial charge in [0.25, 0.3) is 5.91 Å².